The summed E-state index contributed by atoms with van der Waals surface area (Å²) < 4.78 is 0. The van der Waals surface area contributed by atoms with Crippen LogP contribution in [0.1, 0.15) is 52.4 Å². The minimum atomic E-state index is 1.21. The van der Waals surface area contributed by atoms with Gasteiger partial charge in [0.15, 0.2) is 0 Å². The van der Waals surface area contributed by atoms with Gasteiger partial charge in [-0.15, -0.1) is 0 Å². The fourth-order valence-electron chi connectivity index (χ4n) is 3.19. The molecule has 0 aromatic carbocycles. The molecule has 0 aliphatic heterocycles. The predicted octanol–water partition coefficient (Wildman–Crippen LogP) is 5.97. The number of hydrogen-bond donors (Lipinski definition) is 0. The summed E-state index contributed by atoms with van der Waals surface area (Å²) in [6.07, 6.45) is 21.3. The average Bonchev–Trinajstić information content (AvgIpc) is 2.49. The molecule has 0 fully saturated rings. The van der Waals surface area contributed by atoms with Gasteiger partial charge in [-0.1, -0.05) is 47.6 Å². The molecule has 0 saturated carbocycles. The van der Waals surface area contributed by atoms with Gasteiger partial charge in [0, 0.05) is 0 Å². The van der Waals surface area contributed by atoms with E-state index in [0.717, 1.165) is 0 Å². The Morgan fingerprint density at radius 2 is 0.750 bits per heavy atom. The second-order valence-corrected chi connectivity index (χ2v) is 6.29. The molecule has 0 aromatic heterocycles. The van der Waals surface area contributed by atoms with Crippen molar-refractivity contribution in [3.8, 4) is 0 Å². The molecule has 0 saturated heterocycles. The predicted molar refractivity (Wildman–Crippen MR) is 87.5 cm³/mol. The van der Waals surface area contributed by atoms with E-state index in [1.807, 2.05) is 0 Å². The van der Waals surface area contributed by atoms with E-state index in [2.05, 4.69) is 50.3 Å². The molecule has 104 valence electrons. The second kappa shape index (κ2) is 5.83. The lowest BCUT2D eigenvalue weighted by Gasteiger charge is -2.22. The minimum absolute atomic E-state index is 1.21. The van der Waals surface area contributed by atoms with Crippen LogP contribution >= 0.6 is 0 Å². The zero-order valence-electron chi connectivity index (χ0n) is 12.7. The molecule has 3 aliphatic rings. The summed E-state index contributed by atoms with van der Waals surface area (Å²) in [4.78, 5) is 0. The Hall–Kier alpha value is -1.56. The van der Waals surface area contributed by atoms with Gasteiger partial charge in [-0.25, -0.2) is 0 Å². The van der Waals surface area contributed by atoms with Gasteiger partial charge in [0.25, 0.3) is 0 Å². The molecule has 0 nitrogen and oxygen atoms in total. The third-order valence-electron chi connectivity index (χ3n) is 4.69. The van der Waals surface area contributed by atoms with Gasteiger partial charge in [-0.05, 0) is 74.7 Å². The fourth-order valence-corrected chi connectivity index (χ4v) is 3.19. The van der Waals surface area contributed by atoms with E-state index in [0.29, 0.717) is 0 Å². The van der Waals surface area contributed by atoms with Crippen LogP contribution in [0.3, 0.4) is 0 Å². The minimum Gasteiger partial charge on any atom is -0.0730 e. The zero-order chi connectivity index (χ0) is 13.9. The highest BCUT2D eigenvalue weighted by Gasteiger charge is 2.15. The SMILES string of the molecule is CC1=CC=C(C2=CC=C(C3=CC=C(C)CC3)CC2)CC1. The summed E-state index contributed by atoms with van der Waals surface area (Å²) in [6, 6.07) is 0. The summed E-state index contributed by atoms with van der Waals surface area (Å²) in [5, 5.41) is 0. The Kier molecular flexibility index (Phi) is 3.91. The van der Waals surface area contributed by atoms with Crippen LogP contribution in [-0.2, 0) is 0 Å². The number of allylic oxidation sites excluding steroid dienone is 12. The average molecular weight is 264 g/mol. The third-order valence-corrected chi connectivity index (χ3v) is 4.69. The lowest BCUT2D eigenvalue weighted by molar-refractivity contribution is 0.830. The Bertz CT molecular complexity index is 532. The Morgan fingerprint density at radius 1 is 0.450 bits per heavy atom. The molecule has 0 heteroatoms. The van der Waals surface area contributed by atoms with Crippen molar-refractivity contribution >= 4 is 0 Å². The van der Waals surface area contributed by atoms with Gasteiger partial charge in [-0.3, -0.25) is 0 Å². The fraction of sp³-hybridized carbons (Fsp3) is 0.400. The monoisotopic (exact) mass is 264 g/mol. The zero-order valence-corrected chi connectivity index (χ0v) is 12.7. The Morgan fingerprint density at radius 3 is 1.00 bits per heavy atom. The van der Waals surface area contributed by atoms with Crippen LogP contribution in [0, 0.1) is 0 Å². The molecule has 0 spiro atoms. The molecule has 0 radical (unpaired) electrons. The van der Waals surface area contributed by atoms with Crippen molar-refractivity contribution < 1.29 is 0 Å². The first-order valence-electron chi connectivity index (χ1n) is 7.85. The highest BCUT2D eigenvalue weighted by atomic mass is 14.2. The van der Waals surface area contributed by atoms with Crippen LogP contribution in [0.15, 0.2) is 69.9 Å². The lowest BCUT2D eigenvalue weighted by Crippen LogP contribution is -2.02. The molecule has 0 atom stereocenters. The summed E-state index contributed by atoms with van der Waals surface area (Å²) in [6.45, 7) is 4.46. The van der Waals surface area contributed by atoms with E-state index in [4.69, 9.17) is 0 Å². The molecule has 3 aliphatic carbocycles. The summed E-state index contributed by atoms with van der Waals surface area (Å²) in [5.41, 5.74) is 9.24. The molecule has 0 heterocycles. The van der Waals surface area contributed by atoms with Crippen molar-refractivity contribution in [3.05, 3.63) is 69.9 Å². The highest BCUT2D eigenvalue weighted by Crippen LogP contribution is 2.34. The Labute approximate surface area is 123 Å². The molecular weight excluding hydrogens is 240 g/mol. The maximum absolute atomic E-state index is 2.37. The second-order valence-electron chi connectivity index (χ2n) is 6.29. The van der Waals surface area contributed by atoms with Gasteiger partial charge in [0.1, 0.15) is 0 Å². The van der Waals surface area contributed by atoms with Gasteiger partial charge < -0.3 is 0 Å². The topological polar surface area (TPSA) is 0 Å². The van der Waals surface area contributed by atoms with Crippen LogP contribution in [-0.4, -0.2) is 0 Å². The maximum Gasteiger partial charge on any atom is -0.0235 e. The van der Waals surface area contributed by atoms with Crippen molar-refractivity contribution in [1.82, 2.24) is 0 Å². The van der Waals surface area contributed by atoms with E-state index in [-0.39, 0.29) is 0 Å². The standard InChI is InChI=1S/C20H24/c1-15-3-7-17(8-4-15)19-11-13-20(14-12-19)18-9-5-16(2)6-10-18/h3,5,7,9,11,13H,4,6,8,10,12,14H2,1-2H3. The molecule has 0 aromatic rings. The van der Waals surface area contributed by atoms with Crippen LogP contribution in [0.4, 0.5) is 0 Å². The van der Waals surface area contributed by atoms with E-state index >= 15 is 0 Å². The van der Waals surface area contributed by atoms with Gasteiger partial charge >= 0.3 is 0 Å². The summed E-state index contributed by atoms with van der Waals surface area (Å²) in [7, 11) is 0. The molecule has 0 unspecified atom stereocenters. The molecule has 3 rings (SSSR count). The van der Waals surface area contributed by atoms with Crippen molar-refractivity contribution in [2.75, 3.05) is 0 Å². The van der Waals surface area contributed by atoms with Crippen molar-refractivity contribution in [2.45, 2.75) is 52.4 Å². The van der Waals surface area contributed by atoms with E-state index < -0.39 is 0 Å². The van der Waals surface area contributed by atoms with E-state index in [1.165, 1.54) is 49.7 Å². The third kappa shape index (κ3) is 2.95. The van der Waals surface area contributed by atoms with Crippen molar-refractivity contribution in [2.24, 2.45) is 0 Å². The highest BCUT2D eigenvalue weighted by molar-refractivity contribution is 5.47. The number of hydrogen-bond acceptors (Lipinski definition) is 0. The van der Waals surface area contributed by atoms with Gasteiger partial charge in [0.05, 0.1) is 0 Å². The molecule has 0 bridgehead atoms. The van der Waals surface area contributed by atoms with Crippen molar-refractivity contribution in [3.63, 3.8) is 0 Å². The van der Waals surface area contributed by atoms with Crippen LogP contribution in [0.25, 0.3) is 0 Å². The van der Waals surface area contributed by atoms with Crippen molar-refractivity contribution in [1.29, 1.82) is 0 Å². The van der Waals surface area contributed by atoms with Gasteiger partial charge in [0.2, 0.25) is 0 Å². The largest absolute Gasteiger partial charge is 0.0730 e. The maximum atomic E-state index is 2.37. The smallest absolute Gasteiger partial charge is 0.0235 e. The molecule has 0 amide bonds. The molecule has 0 N–H and O–H groups in total. The quantitative estimate of drug-likeness (QED) is 0.576. The van der Waals surface area contributed by atoms with Gasteiger partial charge in [-0.2, -0.15) is 0 Å². The Balaban J connectivity index is 1.77. The van der Waals surface area contributed by atoms with Crippen LogP contribution < -0.4 is 0 Å². The van der Waals surface area contributed by atoms with Crippen LogP contribution in [0.5, 0.6) is 0 Å². The molecule has 20 heavy (non-hydrogen) atoms. The van der Waals surface area contributed by atoms with E-state index in [9.17, 15) is 0 Å². The van der Waals surface area contributed by atoms with Crippen LogP contribution in [0.2, 0.25) is 0 Å². The summed E-state index contributed by atoms with van der Waals surface area (Å²) >= 11 is 0. The normalized spacial score (nSPS) is 23.1. The first-order chi connectivity index (χ1) is 9.72. The lowest BCUT2D eigenvalue weighted by atomic mass is 9.84. The van der Waals surface area contributed by atoms with E-state index in [1.54, 1.807) is 22.3 Å². The summed E-state index contributed by atoms with van der Waals surface area (Å²) in [5.74, 6) is 0. The number of rotatable bonds is 2. The first kappa shape index (κ1) is 13.4. The first-order valence-corrected chi connectivity index (χ1v) is 7.85. The molecular formula is C20H24.